The first-order chi connectivity index (χ1) is 9.49. The molecule has 1 aromatic heterocycles. The number of carbonyl (C=O) groups is 1. The van der Waals surface area contributed by atoms with E-state index in [4.69, 9.17) is 0 Å². The van der Waals surface area contributed by atoms with Crippen LogP contribution in [-0.2, 0) is 0 Å². The zero-order chi connectivity index (χ0) is 14.7. The summed E-state index contributed by atoms with van der Waals surface area (Å²) in [5, 5.41) is 12.7. The Morgan fingerprint density at radius 3 is 2.60 bits per heavy atom. The van der Waals surface area contributed by atoms with Gasteiger partial charge in [-0.3, -0.25) is 19.9 Å². The van der Waals surface area contributed by atoms with Crippen molar-refractivity contribution in [3.05, 3.63) is 64.0 Å². The van der Waals surface area contributed by atoms with Crippen molar-refractivity contribution >= 4 is 17.3 Å². The van der Waals surface area contributed by atoms with Crippen LogP contribution in [0.15, 0.2) is 36.7 Å². The van der Waals surface area contributed by atoms with Crippen molar-refractivity contribution in [3.63, 3.8) is 0 Å². The lowest BCUT2D eigenvalue weighted by Gasteiger charge is -2.05. The Kier molecular flexibility index (Phi) is 3.65. The summed E-state index contributed by atoms with van der Waals surface area (Å²) in [6.45, 7) is 0. The van der Waals surface area contributed by atoms with E-state index in [-0.39, 0.29) is 11.3 Å². The molecule has 0 radical (unpaired) electrons. The van der Waals surface area contributed by atoms with E-state index in [1.807, 2.05) is 0 Å². The Bertz CT molecular complexity index is 691. The summed E-state index contributed by atoms with van der Waals surface area (Å²) < 4.78 is 26.6. The summed E-state index contributed by atoms with van der Waals surface area (Å²) in [6, 6.07) is 3.89. The summed E-state index contributed by atoms with van der Waals surface area (Å²) in [4.78, 5) is 24.8. The van der Waals surface area contributed by atoms with Gasteiger partial charge < -0.3 is 5.32 Å². The molecule has 0 aliphatic rings. The number of nitro groups is 1. The molecule has 20 heavy (non-hydrogen) atoms. The smallest absolute Gasteiger partial charge is 0.304 e. The number of nitro benzene ring substituents is 1. The van der Waals surface area contributed by atoms with Crippen molar-refractivity contribution in [1.82, 2.24) is 4.98 Å². The Balaban J connectivity index is 2.24. The third-order valence-corrected chi connectivity index (χ3v) is 2.43. The van der Waals surface area contributed by atoms with Gasteiger partial charge in [0.2, 0.25) is 5.82 Å². The largest absolute Gasteiger partial charge is 0.319 e. The van der Waals surface area contributed by atoms with Crippen molar-refractivity contribution in [2.24, 2.45) is 0 Å². The minimum atomic E-state index is -1.14. The Morgan fingerprint density at radius 2 is 2.00 bits per heavy atom. The van der Waals surface area contributed by atoms with Crippen LogP contribution in [0.25, 0.3) is 0 Å². The Hall–Kier alpha value is -2.90. The molecule has 1 N–H and O–H groups in total. The molecule has 0 fully saturated rings. The van der Waals surface area contributed by atoms with Gasteiger partial charge in [-0.25, -0.2) is 4.39 Å². The Morgan fingerprint density at radius 1 is 1.25 bits per heavy atom. The lowest BCUT2D eigenvalue weighted by atomic mass is 10.2. The number of nitrogens with one attached hydrogen (secondary N) is 1. The zero-order valence-electron chi connectivity index (χ0n) is 9.84. The predicted molar refractivity (Wildman–Crippen MR) is 65.2 cm³/mol. The number of benzene rings is 1. The van der Waals surface area contributed by atoms with Gasteiger partial charge in [0.1, 0.15) is 0 Å². The van der Waals surface area contributed by atoms with E-state index in [9.17, 15) is 23.7 Å². The van der Waals surface area contributed by atoms with E-state index in [2.05, 4.69) is 10.3 Å². The van der Waals surface area contributed by atoms with Crippen molar-refractivity contribution < 1.29 is 18.5 Å². The monoisotopic (exact) mass is 279 g/mol. The second kappa shape index (κ2) is 5.39. The van der Waals surface area contributed by atoms with Crippen molar-refractivity contribution in [1.29, 1.82) is 0 Å². The maximum atomic E-state index is 13.4. The first-order valence-corrected chi connectivity index (χ1v) is 5.34. The van der Waals surface area contributed by atoms with Gasteiger partial charge in [0.05, 0.1) is 16.8 Å². The number of carbonyl (C=O) groups excluding carboxylic acids is 1. The predicted octanol–water partition coefficient (Wildman–Crippen LogP) is 2.52. The average Bonchev–Trinajstić information content (AvgIpc) is 2.40. The van der Waals surface area contributed by atoms with E-state index in [0.29, 0.717) is 6.07 Å². The van der Waals surface area contributed by atoms with Crippen LogP contribution in [-0.4, -0.2) is 15.8 Å². The molecule has 0 saturated carbocycles. The van der Waals surface area contributed by atoms with E-state index < -0.39 is 28.2 Å². The molecule has 2 aromatic rings. The van der Waals surface area contributed by atoms with Crippen LogP contribution < -0.4 is 5.32 Å². The molecule has 102 valence electrons. The molecule has 0 unspecified atom stereocenters. The van der Waals surface area contributed by atoms with E-state index >= 15 is 0 Å². The highest BCUT2D eigenvalue weighted by Crippen LogP contribution is 2.19. The fraction of sp³-hybridized carbons (Fsp3) is 0. The number of aromatic nitrogens is 1. The molecule has 0 aliphatic heterocycles. The fourth-order valence-corrected chi connectivity index (χ4v) is 1.47. The molecule has 0 bridgehead atoms. The SMILES string of the molecule is O=C(Nc1ccncc1F)c1ccc([N+](=O)[O-])c(F)c1. The van der Waals surface area contributed by atoms with Crippen LogP contribution in [0.1, 0.15) is 10.4 Å². The van der Waals surface area contributed by atoms with Gasteiger partial charge in [-0.1, -0.05) is 0 Å². The van der Waals surface area contributed by atoms with E-state index in [1.165, 1.54) is 12.3 Å². The molecule has 0 saturated heterocycles. The molecule has 1 amide bonds. The zero-order valence-corrected chi connectivity index (χ0v) is 9.84. The molecule has 2 rings (SSSR count). The average molecular weight is 279 g/mol. The van der Waals surface area contributed by atoms with Crippen LogP contribution in [0, 0.1) is 21.7 Å². The van der Waals surface area contributed by atoms with E-state index in [0.717, 1.165) is 18.3 Å². The standard InChI is InChI=1S/C12H7F2N3O3/c13-8-5-7(1-2-11(8)17(19)20)12(18)16-10-3-4-15-6-9(10)14/h1-6H,(H,15,16,18). The highest BCUT2D eigenvalue weighted by Gasteiger charge is 2.17. The number of pyridine rings is 1. The molecule has 1 aromatic carbocycles. The van der Waals surface area contributed by atoms with Crippen LogP contribution >= 0.6 is 0 Å². The number of amides is 1. The van der Waals surface area contributed by atoms with Gasteiger partial charge >= 0.3 is 5.69 Å². The summed E-state index contributed by atoms with van der Waals surface area (Å²) in [6.07, 6.45) is 2.18. The first kappa shape index (κ1) is 13.5. The van der Waals surface area contributed by atoms with Gasteiger partial charge in [0.15, 0.2) is 5.82 Å². The third-order valence-electron chi connectivity index (χ3n) is 2.43. The normalized spacial score (nSPS) is 10.1. The minimum Gasteiger partial charge on any atom is -0.319 e. The molecule has 0 aliphatic carbocycles. The minimum absolute atomic E-state index is 0.122. The maximum Gasteiger partial charge on any atom is 0.304 e. The summed E-state index contributed by atoms with van der Waals surface area (Å²) in [7, 11) is 0. The van der Waals surface area contributed by atoms with Crippen molar-refractivity contribution in [3.8, 4) is 0 Å². The van der Waals surface area contributed by atoms with Gasteiger partial charge in [-0.15, -0.1) is 0 Å². The number of halogens is 2. The van der Waals surface area contributed by atoms with Gasteiger partial charge in [-0.2, -0.15) is 4.39 Å². The van der Waals surface area contributed by atoms with Crippen LogP contribution in [0.3, 0.4) is 0 Å². The first-order valence-electron chi connectivity index (χ1n) is 5.34. The Labute approximate surface area is 111 Å². The lowest BCUT2D eigenvalue weighted by Crippen LogP contribution is -2.13. The van der Waals surface area contributed by atoms with Crippen molar-refractivity contribution in [2.75, 3.05) is 5.32 Å². The summed E-state index contributed by atoms with van der Waals surface area (Å²) >= 11 is 0. The fourth-order valence-electron chi connectivity index (χ4n) is 1.47. The quantitative estimate of drug-likeness (QED) is 0.691. The summed E-state index contributed by atoms with van der Waals surface area (Å²) in [5.74, 6) is -2.68. The second-order valence-corrected chi connectivity index (χ2v) is 3.73. The second-order valence-electron chi connectivity index (χ2n) is 3.73. The van der Waals surface area contributed by atoms with Gasteiger partial charge in [0, 0.05) is 17.8 Å². The number of hydrogen-bond donors (Lipinski definition) is 1. The number of hydrogen-bond acceptors (Lipinski definition) is 4. The summed E-state index contributed by atoms with van der Waals surface area (Å²) in [5.41, 5.74) is -1.02. The number of nitrogens with zero attached hydrogens (tertiary/aromatic N) is 2. The molecule has 0 spiro atoms. The lowest BCUT2D eigenvalue weighted by molar-refractivity contribution is -0.387. The highest BCUT2D eigenvalue weighted by atomic mass is 19.1. The maximum absolute atomic E-state index is 13.4. The molecule has 8 heteroatoms. The topological polar surface area (TPSA) is 85.1 Å². The van der Waals surface area contributed by atoms with Gasteiger partial charge in [-0.05, 0) is 18.2 Å². The van der Waals surface area contributed by atoms with Crippen LogP contribution in [0.4, 0.5) is 20.2 Å². The van der Waals surface area contributed by atoms with Crippen LogP contribution in [0.5, 0.6) is 0 Å². The molecule has 0 atom stereocenters. The number of rotatable bonds is 3. The van der Waals surface area contributed by atoms with Gasteiger partial charge in [0.25, 0.3) is 5.91 Å². The number of anilines is 1. The molecular weight excluding hydrogens is 272 g/mol. The molecule has 1 heterocycles. The molecular formula is C12H7F2N3O3. The highest BCUT2D eigenvalue weighted by molar-refractivity contribution is 6.04. The molecule has 6 nitrogen and oxygen atoms in total. The van der Waals surface area contributed by atoms with Crippen LogP contribution in [0.2, 0.25) is 0 Å². The van der Waals surface area contributed by atoms with Crippen molar-refractivity contribution in [2.45, 2.75) is 0 Å². The van der Waals surface area contributed by atoms with E-state index in [1.54, 1.807) is 0 Å². The third kappa shape index (κ3) is 2.74.